The Morgan fingerprint density at radius 2 is 1.92 bits per heavy atom. The number of pyridine rings is 1. The lowest BCUT2D eigenvalue weighted by Crippen LogP contribution is -2.44. The van der Waals surface area contributed by atoms with Crippen molar-refractivity contribution in [3.8, 4) is 11.4 Å². The van der Waals surface area contributed by atoms with Crippen LogP contribution in [0.2, 0.25) is 0 Å². The maximum absolute atomic E-state index is 4.62. The van der Waals surface area contributed by atoms with Gasteiger partial charge in [-0.3, -0.25) is 0 Å². The molecule has 3 aromatic rings. The summed E-state index contributed by atoms with van der Waals surface area (Å²) in [7, 11) is 2.19. The lowest BCUT2D eigenvalue weighted by atomic mass is 10.2. The number of rotatable bonds is 6. The molecule has 0 atom stereocenters. The van der Waals surface area contributed by atoms with Gasteiger partial charge in [0.25, 0.3) is 0 Å². The number of para-hydroxylation sites is 2. The first-order chi connectivity index (χ1) is 12.8. The minimum atomic E-state index is 0.861. The third-order valence-electron chi connectivity index (χ3n) is 4.98. The first-order valence-electron chi connectivity index (χ1n) is 9.34. The van der Waals surface area contributed by atoms with Gasteiger partial charge in [0.2, 0.25) is 0 Å². The van der Waals surface area contributed by atoms with Gasteiger partial charge in [0.15, 0.2) is 0 Å². The molecular weight excluding hydrogens is 324 g/mol. The number of benzene rings is 1. The van der Waals surface area contributed by atoms with Crippen LogP contribution in [0.1, 0.15) is 6.42 Å². The molecule has 6 nitrogen and oxygen atoms in total. The normalized spacial score (nSPS) is 16.2. The molecule has 0 unspecified atom stereocenters. The summed E-state index contributed by atoms with van der Waals surface area (Å²) in [6.07, 6.45) is 3.01. The van der Waals surface area contributed by atoms with Crippen LogP contribution in [0.3, 0.4) is 0 Å². The zero-order valence-electron chi connectivity index (χ0n) is 15.3. The average molecular weight is 350 g/mol. The topological polar surface area (TPSA) is 60.1 Å². The molecule has 1 aliphatic rings. The molecule has 1 saturated heterocycles. The Hall–Kier alpha value is -2.44. The Morgan fingerprint density at radius 3 is 2.69 bits per heavy atom. The average Bonchev–Trinajstić information content (AvgIpc) is 3.11. The van der Waals surface area contributed by atoms with Crippen LogP contribution in [-0.4, -0.2) is 71.1 Å². The van der Waals surface area contributed by atoms with E-state index in [1.807, 2.05) is 36.5 Å². The quantitative estimate of drug-likeness (QED) is 0.670. The molecule has 0 amide bonds. The minimum Gasteiger partial charge on any atom is -0.370 e. The fourth-order valence-electron chi connectivity index (χ4n) is 3.32. The van der Waals surface area contributed by atoms with E-state index in [0.717, 1.165) is 47.7 Å². The van der Waals surface area contributed by atoms with Crippen molar-refractivity contribution < 1.29 is 0 Å². The number of imidazole rings is 1. The summed E-state index contributed by atoms with van der Waals surface area (Å²) in [5.41, 5.74) is 3.03. The second-order valence-corrected chi connectivity index (χ2v) is 6.96. The molecule has 4 rings (SSSR count). The second kappa shape index (κ2) is 7.85. The molecule has 26 heavy (non-hydrogen) atoms. The summed E-state index contributed by atoms with van der Waals surface area (Å²) >= 11 is 0. The molecule has 0 radical (unpaired) electrons. The third kappa shape index (κ3) is 4.03. The lowest BCUT2D eigenvalue weighted by Gasteiger charge is -2.32. The van der Waals surface area contributed by atoms with Crippen molar-refractivity contribution in [3.05, 3.63) is 42.6 Å². The zero-order valence-corrected chi connectivity index (χ0v) is 15.3. The molecule has 136 valence electrons. The third-order valence-corrected chi connectivity index (χ3v) is 4.98. The number of aromatic amines is 1. The molecule has 0 spiro atoms. The van der Waals surface area contributed by atoms with E-state index in [9.17, 15) is 0 Å². The Bertz CT molecular complexity index is 800. The van der Waals surface area contributed by atoms with Crippen molar-refractivity contribution in [1.29, 1.82) is 0 Å². The highest BCUT2D eigenvalue weighted by atomic mass is 15.2. The number of H-pyrrole nitrogens is 1. The monoisotopic (exact) mass is 350 g/mol. The summed E-state index contributed by atoms with van der Waals surface area (Å²) in [6, 6.07) is 12.2. The molecule has 6 heteroatoms. The van der Waals surface area contributed by atoms with Gasteiger partial charge in [-0.1, -0.05) is 12.1 Å². The summed E-state index contributed by atoms with van der Waals surface area (Å²) in [4.78, 5) is 17.4. The van der Waals surface area contributed by atoms with E-state index >= 15 is 0 Å². The molecule has 3 heterocycles. The predicted molar refractivity (Wildman–Crippen MR) is 106 cm³/mol. The van der Waals surface area contributed by atoms with Gasteiger partial charge < -0.3 is 20.1 Å². The zero-order chi connectivity index (χ0) is 17.8. The van der Waals surface area contributed by atoms with Crippen LogP contribution >= 0.6 is 0 Å². The first-order valence-corrected chi connectivity index (χ1v) is 9.34. The van der Waals surface area contributed by atoms with Crippen molar-refractivity contribution in [2.75, 3.05) is 51.6 Å². The van der Waals surface area contributed by atoms with Gasteiger partial charge in [0.05, 0.1) is 11.0 Å². The highest BCUT2D eigenvalue weighted by Gasteiger charge is 2.12. The number of piperazine rings is 1. The number of anilines is 1. The summed E-state index contributed by atoms with van der Waals surface area (Å²) in [5, 5.41) is 3.42. The van der Waals surface area contributed by atoms with Gasteiger partial charge in [0, 0.05) is 44.5 Å². The molecule has 1 aromatic carbocycles. The Kier molecular flexibility index (Phi) is 5.13. The molecular formula is C20H26N6. The van der Waals surface area contributed by atoms with E-state index in [1.54, 1.807) is 0 Å². The Balaban J connectivity index is 1.28. The Labute approximate surface area is 154 Å². The van der Waals surface area contributed by atoms with Crippen LogP contribution in [-0.2, 0) is 0 Å². The van der Waals surface area contributed by atoms with Gasteiger partial charge in [0.1, 0.15) is 11.6 Å². The molecule has 2 N–H and O–H groups in total. The summed E-state index contributed by atoms with van der Waals surface area (Å²) < 4.78 is 0. The maximum atomic E-state index is 4.62. The number of nitrogens with zero attached hydrogens (tertiary/aromatic N) is 4. The number of nitrogens with one attached hydrogen (secondary N) is 2. The molecule has 1 fully saturated rings. The largest absolute Gasteiger partial charge is 0.370 e. The van der Waals surface area contributed by atoms with Crippen molar-refractivity contribution in [2.45, 2.75) is 6.42 Å². The maximum Gasteiger partial charge on any atom is 0.140 e. The number of hydrogen-bond acceptors (Lipinski definition) is 5. The Morgan fingerprint density at radius 1 is 1.08 bits per heavy atom. The van der Waals surface area contributed by atoms with Crippen molar-refractivity contribution in [2.24, 2.45) is 0 Å². The van der Waals surface area contributed by atoms with Gasteiger partial charge in [-0.2, -0.15) is 0 Å². The van der Waals surface area contributed by atoms with Gasteiger partial charge >= 0.3 is 0 Å². The molecule has 0 aliphatic carbocycles. The lowest BCUT2D eigenvalue weighted by molar-refractivity contribution is 0.154. The number of likely N-dealkylation sites (N-methyl/N-ethyl adjacent to an activating group) is 1. The van der Waals surface area contributed by atoms with E-state index in [-0.39, 0.29) is 0 Å². The standard InChI is InChI=1S/C20H26N6/c1-25-11-13-26(14-12-25)10-4-9-21-19-8-7-16(15-22-19)20-23-17-5-2-3-6-18(17)24-20/h2-3,5-8,15H,4,9-14H2,1H3,(H,21,22)(H,23,24). The van der Waals surface area contributed by atoms with Gasteiger partial charge in [-0.05, 0) is 44.3 Å². The fourth-order valence-corrected chi connectivity index (χ4v) is 3.32. The second-order valence-electron chi connectivity index (χ2n) is 6.96. The highest BCUT2D eigenvalue weighted by molar-refractivity contribution is 5.79. The molecule has 0 saturated carbocycles. The molecule has 2 aromatic heterocycles. The van der Waals surface area contributed by atoms with E-state index in [2.05, 4.69) is 43.2 Å². The van der Waals surface area contributed by atoms with E-state index in [1.165, 1.54) is 26.2 Å². The fraction of sp³-hybridized carbons (Fsp3) is 0.400. The summed E-state index contributed by atoms with van der Waals surface area (Å²) in [5.74, 6) is 1.78. The number of aromatic nitrogens is 3. The van der Waals surface area contributed by atoms with Gasteiger partial charge in [-0.25, -0.2) is 9.97 Å². The summed E-state index contributed by atoms with van der Waals surface area (Å²) in [6.45, 7) is 6.82. The van der Waals surface area contributed by atoms with Crippen molar-refractivity contribution in [3.63, 3.8) is 0 Å². The van der Waals surface area contributed by atoms with Crippen LogP contribution in [0.5, 0.6) is 0 Å². The minimum absolute atomic E-state index is 0.861. The van der Waals surface area contributed by atoms with Crippen molar-refractivity contribution >= 4 is 16.9 Å². The van der Waals surface area contributed by atoms with Crippen LogP contribution in [0, 0.1) is 0 Å². The smallest absolute Gasteiger partial charge is 0.140 e. The van der Waals surface area contributed by atoms with Crippen molar-refractivity contribution in [1.82, 2.24) is 24.8 Å². The molecule has 1 aliphatic heterocycles. The van der Waals surface area contributed by atoms with E-state index in [0.29, 0.717) is 0 Å². The van der Waals surface area contributed by atoms with Crippen LogP contribution in [0.4, 0.5) is 5.82 Å². The van der Waals surface area contributed by atoms with Crippen LogP contribution in [0.15, 0.2) is 42.6 Å². The molecule has 0 bridgehead atoms. The van der Waals surface area contributed by atoms with E-state index < -0.39 is 0 Å². The number of fused-ring (bicyclic) bond motifs is 1. The predicted octanol–water partition coefficient (Wildman–Crippen LogP) is 2.67. The number of hydrogen-bond donors (Lipinski definition) is 2. The van der Waals surface area contributed by atoms with Crippen LogP contribution in [0.25, 0.3) is 22.4 Å². The SMILES string of the molecule is CN1CCN(CCCNc2ccc(-c3nc4ccccc4[nH]3)cn2)CC1. The highest BCUT2D eigenvalue weighted by Crippen LogP contribution is 2.20. The van der Waals surface area contributed by atoms with E-state index in [4.69, 9.17) is 0 Å². The van der Waals surface area contributed by atoms with Crippen LogP contribution < -0.4 is 5.32 Å². The first kappa shape index (κ1) is 17.0. The van der Waals surface area contributed by atoms with Gasteiger partial charge in [-0.15, -0.1) is 0 Å².